The second-order valence-electron chi connectivity index (χ2n) is 3.73. The maximum Gasteiger partial charge on any atom is 0.350 e. The summed E-state index contributed by atoms with van der Waals surface area (Å²) in [5.41, 5.74) is 1.50. The summed E-state index contributed by atoms with van der Waals surface area (Å²) < 4.78 is 14.9. The molecule has 0 amide bonds. The maximum atomic E-state index is 11.5. The molecule has 0 aliphatic heterocycles. The van der Waals surface area contributed by atoms with Crippen LogP contribution in [-0.2, 0) is 14.3 Å². The van der Waals surface area contributed by atoms with Crippen LogP contribution in [0.1, 0.15) is 19.4 Å². The molecule has 0 spiro atoms. The molecular formula is C14H17ClO4. The van der Waals surface area contributed by atoms with Crippen LogP contribution < -0.4 is 4.74 Å². The molecule has 0 heterocycles. The minimum absolute atomic E-state index is 0.0902. The van der Waals surface area contributed by atoms with Crippen molar-refractivity contribution in [1.82, 2.24) is 0 Å². The van der Waals surface area contributed by atoms with Crippen LogP contribution in [0.4, 0.5) is 0 Å². The van der Waals surface area contributed by atoms with E-state index >= 15 is 0 Å². The number of carbonyl (C=O) groups is 1. The highest BCUT2D eigenvalue weighted by Gasteiger charge is 2.12. The average Bonchev–Trinajstić information content (AvgIpc) is 2.44. The first-order valence-electron chi connectivity index (χ1n) is 5.85. The van der Waals surface area contributed by atoms with Crippen LogP contribution in [0.5, 0.6) is 5.75 Å². The second kappa shape index (κ2) is 7.81. The fraction of sp³-hybridized carbons (Fsp3) is 0.357. The molecule has 1 aromatic rings. The fourth-order valence-electron chi connectivity index (χ4n) is 1.40. The van der Waals surface area contributed by atoms with Gasteiger partial charge in [-0.2, -0.15) is 0 Å². The summed E-state index contributed by atoms with van der Waals surface area (Å²) >= 11 is 5.97. The number of benzene rings is 1. The smallest absolute Gasteiger partial charge is 0.350 e. The molecule has 19 heavy (non-hydrogen) atoms. The lowest BCUT2D eigenvalue weighted by Gasteiger charge is -2.08. The molecule has 0 N–H and O–H groups in total. The lowest BCUT2D eigenvalue weighted by Crippen LogP contribution is -2.05. The molecule has 1 rings (SSSR count). The molecule has 0 aromatic heterocycles. The van der Waals surface area contributed by atoms with Gasteiger partial charge in [0.15, 0.2) is 6.79 Å². The Hall–Kier alpha value is -1.52. The Morgan fingerprint density at radius 3 is 2.42 bits per heavy atom. The van der Waals surface area contributed by atoms with Gasteiger partial charge in [0.2, 0.25) is 0 Å². The summed E-state index contributed by atoms with van der Waals surface area (Å²) in [5, 5.41) is 0.0902. The molecule has 0 saturated heterocycles. The number of methoxy groups -OCH3 is 1. The van der Waals surface area contributed by atoms with Crippen molar-refractivity contribution in [3.05, 3.63) is 34.9 Å². The summed E-state index contributed by atoms with van der Waals surface area (Å²) in [4.78, 5) is 11.5. The minimum Gasteiger partial charge on any atom is -0.468 e. The van der Waals surface area contributed by atoms with Gasteiger partial charge in [0.1, 0.15) is 10.8 Å². The van der Waals surface area contributed by atoms with Gasteiger partial charge in [-0.1, -0.05) is 23.7 Å². The van der Waals surface area contributed by atoms with Gasteiger partial charge in [-0.15, -0.1) is 0 Å². The Labute approximate surface area is 117 Å². The maximum absolute atomic E-state index is 11.5. The highest BCUT2D eigenvalue weighted by Crippen LogP contribution is 2.24. The molecule has 0 fully saturated rings. The molecule has 0 saturated carbocycles. The Balaban J connectivity index is 2.84. The third kappa shape index (κ3) is 4.58. The van der Waals surface area contributed by atoms with Crippen LogP contribution in [0.2, 0.25) is 0 Å². The van der Waals surface area contributed by atoms with Crippen LogP contribution >= 0.6 is 11.6 Å². The average molecular weight is 285 g/mol. The molecule has 0 aliphatic carbocycles. The van der Waals surface area contributed by atoms with Gasteiger partial charge in [0.25, 0.3) is 0 Å². The molecule has 104 valence electrons. The zero-order valence-corrected chi connectivity index (χ0v) is 12.0. The lowest BCUT2D eigenvalue weighted by molar-refractivity contribution is -0.137. The molecule has 0 aliphatic rings. The van der Waals surface area contributed by atoms with E-state index in [-0.39, 0.29) is 11.8 Å². The Morgan fingerprint density at radius 2 is 1.89 bits per heavy atom. The van der Waals surface area contributed by atoms with Gasteiger partial charge < -0.3 is 14.2 Å². The summed E-state index contributed by atoms with van der Waals surface area (Å²) in [6.07, 6.45) is 0. The monoisotopic (exact) mass is 284 g/mol. The normalized spacial score (nSPS) is 11.8. The van der Waals surface area contributed by atoms with Crippen molar-refractivity contribution in [3.63, 3.8) is 0 Å². The number of carbonyl (C=O) groups excluding carboxylic acids is 1. The van der Waals surface area contributed by atoms with Crippen molar-refractivity contribution < 1.29 is 19.0 Å². The first-order valence-corrected chi connectivity index (χ1v) is 6.23. The minimum atomic E-state index is -0.513. The van der Waals surface area contributed by atoms with Crippen LogP contribution in [0.25, 0.3) is 5.57 Å². The Kier molecular flexibility index (Phi) is 6.39. The van der Waals surface area contributed by atoms with E-state index in [2.05, 4.69) is 0 Å². The van der Waals surface area contributed by atoms with Crippen LogP contribution in [0, 0.1) is 0 Å². The molecule has 0 unspecified atom stereocenters. The third-order valence-corrected chi connectivity index (χ3v) is 2.85. The summed E-state index contributed by atoms with van der Waals surface area (Å²) in [5.74, 6) is 0.173. The van der Waals surface area contributed by atoms with E-state index in [0.717, 1.165) is 5.56 Å². The SMILES string of the molecule is CCOC(=O)/C(Cl)=C(\C)c1ccc(OCOC)cc1. The highest BCUT2D eigenvalue weighted by atomic mass is 35.5. The molecule has 0 bridgehead atoms. The van der Waals surface area contributed by atoms with Crippen LogP contribution in [0.15, 0.2) is 29.3 Å². The highest BCUT2D eigenvalue weighted by molar-refractivity contribution is 6.44. The van der Waals surface area contributed by atoms with Crippen LogP contribution in [-0.4, -0.2) is 26.5 Å². The topological polar surface area (TPSA) is 44.8 Å². The molecule has 0 radical (unpaired) electrons. The van der Waals surface area contributed by atoms with Crippen molar-refractivity contribution >= 4 is 23.1 Å². The van der Waals surface area contributed by atoms with E-state index in [1.165, 1.54) is 0 Å². The number of esters is 1. The third-order valence-electron chi connectivity index (χ3n) is 2.41. The van der Waals surface area contributed by atoms with E-state index in [0.29, 0.717) is 17.9 Å². The molecular weight excluding hydrogens is 268 g/mol. The first-order chi connectivity index (χ1) is 9.10. The van der Waals surface area contributed by atoms with E-state index < -0.39 is 5.97 Å². The Bertz CT molecular complexity index is 451. The van der Waals surface area contributed by atoms with E-state index in [9.17, 15) is 4.79 Å². The van der Waals surface area contributed by atoms with E-state index in [1.54, 1.807) is 33.1 Å². The molecule has 5 heteroatoms. The van der Waals surface area contributed by atoms with Gasteiger partial charge in [0.05, 0.1) is 6.61 Å². The summed E-state index contributed by atoms with van der Waals surface area (Å²) in [6, 6.07) is 7.21. The van der Waals surface area contributed by atoms with Crippen LogP contribution in [0.3, 0.4) is 0 Å². The number of hydrogen-bond donors (Lipinski definition) is 0. The van der Waals surface area contributed by atoms with Crippen molar-refractivity contribution in [3.8, 4) is 5.75 Å². The van der Waals surface area contributed by atoms with Crippen molar-refractivity contribution in [2.75, 3.05) is 20.5 Å². The Morgan fingerprint density at radius 1 is 1.26 bits per heavy atom. The zero-order valence-electron chi connectivity index (χ0n) is 11.2. The quantitative estimate of drug-likeness (QED) is 0.457. The van der Waals surface area contributed by atoms with Gasteiger partial charge in [-0.3, -0.25) is 0 Å². The standard InChI is InChI=1S/C14H17ClO4/c1-4-18-14(16)13(15)10(2)11-5-7-12(8-6-11)19-9-17-3/h5-8H,4,9H2,1-3H3/b13-10-. The van der Waals surface area contributed by atoms with Gasteiger partial charge >= 0.3 is 5.97 Å². The van der Waals surface area contributed by atoms with Gasteiger partial charge in [-0.05, 0) is 37.1 Å². The van der Waals surface area contributed by atoms with Gasteiger partial charge in [0, 0.05) is 7.11 Å². The number of allylic oxidation sites excluding steroid dienone is 1. The fourth-order valence-corrected chi connectivity index (χ4v) is 1.57. The van der Waals surface area contributed by atoms with E-state index in [1.807, 2.05) is 12.1 Å². The van der Waals surface area contributed by atoms with Crippen molar-refractivity contribution in [2.24, 2.45) is 0 Å². The van der Waals surface area contributed by atoms with E-state index in [4.69, 9.17) is 25.8 Å². The number of rotatable bonds is 6. The number of hydrogen-bond acceptors (Lipinski definition) is 4. The largest absolute Gasteiger partial charge is 0.468 e. The predicted molar refractivity (Wildman–Crippen MR) is 74.0 cm³/mol. The first kappa shape index (κ1) is 15.5. The van der Waals surface area contributed by atoms with Gasteiger partial charge in [-0.25, -0.2) is 4.79 Å². The number of ether oxygens (including phenoxy) is 3. The molecule has 1 aromatic carbocycles. The second-order valence-corrected chi connectivity index (χ2v) is 4.11. The summed E-state index contributed by atoms with van der Waals surface area (Å²) in [6.45, 7) is 3.99. The summed E-state index contributed by atoms with van der Waals surface area (Å²) in [7, 11) is 1.56. The molecule has 0 atom stereocenters. The van der Waals surface area contributed by atoms with Crippen molar-refractivity contribution in [2.45, 2.75) is 13.8 Å². The number of halogens is 1. The predicted octanol–water partition coefficient (Wildman–Crippen LogP) is 3.20. The lowest BCUT2D eigenvalue weighted by atomic mass is 10.1. The zero-order chi connectivity index (χ0) is 14.3. The van der Waals surface area contributed by atoms with Crippen molar-refractivity contribution in [1.29, 1.82) is 0 Å². The molecule has 4 nitrogen and oxygen atoms in total.